The van der Waals surface area contributed by atoms with Gasteiger partial charge in [0, 0.05) is 0 Å². The van der Waals surface area contributed by atoms with Crippen molar-refractivity contribution in [1.29, 1.82) is 0 Å². The van der Waals surface area contributed by atoms with Crippen molar-refractivity contribution in [2.45, 2.75) is 29.4 Å². The maximum absolute atomic E-state index is 4.30. The molecule has 1 unspecified atom stereocenters. The van der Waals surface area contributed by atoms with Crippen LogP contribution >= 0.6 is 0 Å². The molecule has 0 spiro atoms. The van der Waals surface area contributed by atoms with Crippen molar-refractivity contribution in [3.63, 3.8) is 0 Å². The molecule has 1 fully saturated rings. The first-order valence-electron chi connectivity index (χ1n) is 4.08. The number of nitrogens with zero attached hydrogens (tertiary/aromatic N) is 1. The number of H-pyrrole nitrogens is 1. The van der Waals surface area contributed by atoms with E-state index in [-0.39, 0.29) is 0 Å². The third-order valence-electron chi connectivity index (χ3n) is 2.00. The monoisotopic (exact) mass is 216 g/mol. The van der Waals surface area contributed by atoms with E-state index in [9.17, 15) is 0 Å². The molecule has 1 aromatic heterocycles. The van der Waals surface area contributed by atoms with Crippen LogP contribution < -0.4 is 0 Å². The van der Waals surface area contributed by atoms with Gasteiger partial charge in [0.25, 0.3) is 0 Å². The first kappa shape index (κ1) is 7.38. The molecule has 0 saturated carbocycles. The molecule has 1 aromatic rings. The van der Waals surface area contributed by atoms with Gasteiger partial charge >= 0.3 is 72.5 Å². The minimum absolute atomic E-state index is 0.784. The first-order valence-corrected chi connectivity index (χ1v) is 6.28. The van der Waals surface area contributed by atoms with Crippen LogP contribution in [0.4, 0.5) is 0 Å². The number of aromatic nitrogens is 2. The molecule has 2 rings (SSSR count). The van der Waals surface area contributed by atoms with E-state index in [1.54, 1.807) is 0 Å². The van der Waals surface area contributed by atoms with Gasteiger partial charge in [-0.25, -0.2) is 0 Å². The number of hydrogen-bond donors (Lipinski definition) is 1. The third-order valence-corrected chi connectivity index (χ3v) is 4.91. The molecule has 2 nitrogen and oxygen atoms in total. The average Bonchev–Trinajstić information content (AvgIpc) is 2.58. The van der Waals surface area contributed by atoms with E-state index in [0.717, 1.165) is 19.8 Å². The molecular formula is C8H12N2Se. The van der Waals surface area contributed by atoms with Gasteiger partial charge in [0.1, 0.15) is 0 Å². The van der Waals surface area contributed by atoms with Crippen LogP contribution in [-0.2, 0) is 0 Å². The zero-order valence-electron chi connectivity index (χ0n) is 6.42. The summed E-state index contributed by atoms with van der Waals surface area (Å²) in [4.78, 5) is 8.29. The van der Waals surface area contributed by atoms with Crippen molar-refractivity contribution >= 4 is 15.0 Å². The van der Waals surface area contributed by atoms with Gasteiger partial charge in [-0.05, 0) is 0 Å². The molecule has 0 radical (unpaired) electrons. The molecule has 0 bridgehead atoms. The standard InChI is InChI=1S/C8H12N2Se/c1-2-6-11-7(3-1)8-9-4-5-10-8/h4-5,7H,1-3,6H2,(H,9,10). The fraction of sp³-hybridized carbons (Fsp3) is 0.625. The van der Waals surface area contributed by atoms with Gasteiger partial charge in [-0.3, -0.25) is 0 Å². The summed E-state index contributed by atoms with van der Waals surface area (Å²) in [6.07, 6.45) is 7.98. The molecule has 0 amide bonds. The Morgan fingerprint density at radius 2 is 2.55 bits per heavy atom. The number of rotatable bonds is 1. The van der Waals surface area contributed by atoms with Crippen molar-refractivity contribution in [3.8, 4) is 0 Å². The van der Waals surface area contributed by atoms with Crippen LogP contribution in [0, 0.1) is 0 Å². The van der Waals surface area contributed by atoms with Crippen molar-refractivity contribution in [2.75, 3.05) is 0 Å². The van der Waals surface area contributed by atoms with Gasteiger partial charge in [-0.2, -0.15) is 0 Å². The SMILES string of the molecule is c1c[nH]c(C2CCCC[Se]2)n1. The maximum atomic E-state index is 4.30. The summed E-state index contributed by atoms with van der Waals surface area (Å²) in [5.41, 5.74) is 0. The number of imidazole rings is 1. The topological polar surface area (TPSA) is 28.7 Å². The van der Waals surface area contributed by atoms with Crippen LogP contribution in [-0.4, -0.2) is 24.9 Å². The van der Waals surface area contributed by atoms with Gasteiger partial charge in [0.2, 0.25) is 0 Å². The van der Waals surface area contributed by atoms with E-state index in [1.807, 2.05) is 12.4 Å². The summed E-state index contributed by atoms with van der Waals surface area (Å²) in [7, 11) is 0. The van der Waals surface area contributed by atoms with E-state index < -0.39 is 0 Å². The molecule has 0 aliphatic carbocycles. The van der Waals surface area contributed by atoms with Crippen LogP contribution in [0.3, 0.4) is 0 Å². The number of nitrogens with one attached hydrogen (secondary N) is 1. The number of hydrogen-bond acceptors (Lipinski definition) is 1. The zero-order valence-corrected chi connectivity index (χ0v) is 8.13. The van der Waals surface area contributed by atoms with E-state index in [1.165, 1.54) is 30.4 Å². The van der Waals surface area contributed by atoms with Gasteiger partial charge in [0.05, 0.1) is 0 Å². The molecule has 3 heteroatoms. The Morgan fingerprint density at radius 3 is 3.18 bits per heavy atom. The van der Waals surface area contributed by atoms with Gasteiger partial charge in [-0.15, -0.1) is 0 Å². The Hall–Kier alpha value is -0.271. The van der Waals surface area contributed by atoms with E-state index in [2.05, 4.69) is 9.97 Å². The molecule has 1 atom stereocenters. The summed E-state index contributed by atoms with van der Waals surface area (Å²) in [5.74, 6) is 1.23. The Kier molecular flexibility index (Phi) is 2.29. The van der Waals surface area contributed by atoms with Crippen LogP contribution in [0.25, 0.3) is 0 Å². The third kappa shape index (κ3) is 1.66. The fourth-order valence-electron chi connectivity index (χ4n) is 1.41. The summed E-state index contributed by atoms with van der Waals surface area (Å²) >= 11 is 0.802. The molecule has 1 saturated heterocycles. The second-order valence-corrected chi connectivity index (χ2v) is 5.58. The molecule has 1 aliphatic rings. The van der Waals surface area contributed by atoms with Crippen molar-refractivity contribution < 1.29 is 0 Å². The molecule has 2 heterocycles. The van der Waals surface area contributed by atoms with Crippen LogP contribution in [0.5, 0.6) is 0 Å². The minimum atomic E-state index is 0.784. The van der Waals surface area contributed by atoms with Crippen LogP contribution in [0.1, 0.15) is 29.9 Å². The van der Waals surface area contributed by atoms with E-state index >= 15 is 0 Å². The van der Waals surface area contributed by atoms with E-state index in [0.29, 0.717) is 0 Å². The second-order valence-electron chi connectivity index (χ2n) is 2.83. The van der Waals surface area contributed by atoms with Crippen molar-refractivity contribution in [3.05, 3.63) is 18.2 Å². The van der Waals surface area contributed by atoms with E-state index in [4.69, 9.17) is 0 Å². The molecular weight excluding hydrogens is 203 g/mol. The fourth-order valence-corrected chi connectivity index (χ4v) is 4.09. The van der Waals surface area contributed by atoms with Crippen LogP contribution in [0.15, 0.2) is 12.4 Å². The molecule has 1 N–H and O–H groups in total. The predicted molar refractivity (Wildman–Crippen MR) is 45.7 cm³/mol. The molecule has 11 heavy (non-hydrogen) atoms. The van der Waals surface area contributed by atoms with Gasteiger partial charge in [-0.1, -0.05) is 0 Å². The Labute approximate surface area is 73.0 Å². The first-order chi connectivity index (χ1) is 5.47. The summed E-state index contributed by atoms with van der Waals surface area (Å²) in [5, 5.41) is 1.44. The molecule has 0 aromatic carbocycles. The Bertz CT molecular complexity index is 202. The average molecular weight is 215 g/mol. The summed E-state index contributed by atoms with van der Waals surface area (Å²) in [6.45, 7) is 0. The summed E-state index contributed by atoms with van der Waals surface area (Å²) < 4.78 is 0. The molecule has 1 aliphatic heterocycles. The van der Waals surface area contributed by atoms with Crippen molar-refractivity contribution in [1.82, 2.24) is 9.97 Å². The van der Waals surface area contributed by atoms with Crippen LogP contribution in [0.2, 0.25) is 5.32 Å². The normalized spacial score (nSPS) is 25.3. The Morgan fingerprint density at radius 1 is 1.55 bits per heavy atom. The van der Waals surface area contributed by atoms with Gasteiger partial charge in [0.15, 0.2) is 0 Å². The number of aromatic amines is 1. The Balaban J connectivity index is 2.04. The quantitative estimate of drug-likeness (QED) is 0.710. The van der Waals surface area contributed by atoms with Crippen molar-refractivity contribution in [2.24, 2.45) is 0 Å². The second kappa shape index (κ2) is 3.42. The predicted octanol–water partition coefficient (Wildman–Crippen LogP) is 1.76. The summed E-state index contributed by atoms with van der Waals surface area (Å²) in [6, 6.07) is 0. The molecule has 60 valence electrons. The van der Waals surface area contributed by atoms with Gasteiger partial charge < -0.3 is 0 Å². The zero-order chi connectivity index (χ0) is 7.52.